The van der Waals surface area contributed by atoms with Gasteiger partial charge in [0.2, 0.25) is 0 Å². The van der Waals surface area contributed by atoms with Gasteiger partial charge in [0, 0.05) is 13.5 Å². The fraction of sp³-hybridized carbons (Fsp3) is 0.462. The van der Waals surface area contributed by atoms with E-state index in [-0.39, 0.29) is 11.9 Å². The van der Waals surface area contributed by atoms with Crippen LogP contribution < -0.4 is 10.5 Å². The Hall–Kier alpha value is -1.55. The van der Waals surface area contributed by atoms with E-state index in [0.29, 0.717) is 6.42 Å². The molecule has 0 bridgehead atoms. The van der Waals surface area contributed by atoms with Gasteiger partial charge in [0.05, 0.1) is 12.4 Å². The Kier molecular flexibility index (Phi) is 5.49. The van der Waals surface area contributed by atoms with Crippen LogP contribution in [0.1, 0.15) is 18.9 Å². The van der Waals surface area contributed by atoms with Crippen LogP contribution >= 0.6 is 0 Å². The van der Waals surface area contributed by atoms with Gasteiger partial charge < -0.3 is 15.2 Å². The summed E-state index contributed by atoms with van der Waals surface area (Å²) in [6.45, 7) is 2.63. The zero-order chi connectivity index (χ0) is 12.7. The highest BCUT2D eigenvalue weighted by atomic mass is 16.5. The maximum Gasteiger partial charge on any atom is 0.119 e. The molecule has 1 atom stereocenters. The van der Waals surface area contributed by atoms with E-state index in [9.17, 15) is 0 Å². The molecule has 1 rings (SSSR count). The first-order chi connectivity index (χ1) is 8.11. The predicted molar refractivity (Wildman–Crippen MR) is 68.6 cm³/mol. The molecule has 0 spiro atoms. The summed E-state index contributed by atoms with van der Waals surface area (Å²) in [5, 5.41) is 7.18. The van der Waals surface area contributed by atoms with Crippen LogP contribution in [0.2, 0.25) is 0 Å². The molecule has 0 aliphatic rings. The standard InChI is InChI=1S/C13H20N2O2/c1-10(9-13(14)15)17-12-5-3-11(4-6-12)7-8-16-2/h3-6,10H,7-9H2,1-2H3,(H3,14,15). The number of nitrogens with two attached hydrogens (primary N) is 1. The predicted octanol–water partition coefficient (Wildman–Crippen LogP) is 1.97. The zero-order valence-corrected chi connectivity index (χ0v) is 10.4. The quantitative estimate of drug-likeness (QED) is 0.561. The smallest absolute Gasteiger partial charge is 0.119 e. The van der Waals surface area contributed by atoms with Crippen LogP contribution in [0.4, 0.5) is 0 Å². The summed E-state index contributed by atoms with van der Waals surface area (Å²) in [6, 6.07) is 7.91. The molecule has 0 fully saturated rings. The lowest BCUT2D eigenvalue weighted by Gasteiger charge is -2.14. The highest BCUT2D eigenvalue weighted by Crippen LogP contribution is 2.15. The first-order valence-electron chi connectivity index (χ1n) is 5.69. The van der Waals surface area contributed by atoms with Gasteiger partial charge in [0.15, 0.2) is 0 Å². The summed E-state index contributed by atoms with van der Waals surface area (Å²) in [5.74, 6) is 0.953. The lowest BCUT2D eigenvalue weighted by Crippen LogP contribution is -2.21. The summed E-state index contributed by atoms with van der Waals surface area (Å²) < 4.78 is 10.6. The maximum atomic E-state index is 7.18. The molecule has 0 saturated carbocycles. The van der Waals surface area contributed by atoms with Crippen molar-refractivity contribution < 1.29 is 9.47 Å². The van der Waals surface area contributed by atoms with Gasteiger partial charge in [-0.3, -0.25) is 5.41 Å². The zero-order valence-electron chi connectivity index (χ0n) is 10.4. The van der Waals surface area contributed by atoms with Crippen molar-refractivity contribution in [3.05, 3.63) is 29.8 Å². The Bertz CT molecular complexity index is 349. The topological polar surface area (TPSA) is 68.3 Å². The molecule has 4 heteroatoms. The third-order valence-electron chi connectivity index (χ3n) is 2.36. The minimum atomic E-state index is -0.0719. The summed E-state index contributed by atoms with van der Waals surface area (Å²) in [4.78, 5) is 0. The molecule has 1 unspecified atom stereocenters. The number of ether oxygens (including phenoxy) is 2. The molecule has 94 valence electrons. The van der Waals surface area contributed by atoms with Crippen LogP contribution in [-0.2, 0) is 11.2 Å². The van der Waals surface area contributed by atoms with Crippen molar-refractivity contribution in [3.8, 4) is 5.75 Å². The Balaban J connectivity index is 2.47. The van der Waals surface area contributed by atoms with Crippen LogP contribution in [-0.4, -0.2) is 25.7 Å². The van der Waals surface area contributed by atoms with E-state index in [1.54, 1.807) is 7.11 Å². The molecule has 0 saturated heterocycles. The average molecular weight is 236 g/mol. The van der Waals surface area contributed by atoms with E-state index >= 15 is 0 Å². The second-order valence-electron chi connectivity index (χ2n) is 4.04. The molecule has 0 aromatic heterocycles. The summed E-state index contributed by atoms with van der Waals surface area (Å²) >= 11 is 0. The largest absolute Gasteiger partial charge is 0.490 e. The molecule has 0 heterocycles. The van der Waals surface area contributed by atoms with Crippen molar-refractivity contribution in [2.45, 2.75) is 25.9 Å². The van der Waals surface area contributed by atoms with Crippen molar-refractivity contribution in [2.24, 2.45) is 5.73 Å². The molecule has 0 radical (unpaired) electrons. The molecular weight excluding hydrogens is 216 g/mol. The van der Waals surface area contributed by atoms with E-state index in [4.69, 9.17) is 20.6 Å². The third kappa shape index (κ3) is 5.36. The Morgan fingerprint density at radius 1 is 1.35 bits per heavy atom. The molecule has 0 amide bonds. The molecule has 1 aromatic rings. The number of methoxy groups -OCH3 is 1. The van der Waals surface area contributed by atoms with Gasteiger partial charge in [-0.2, -0.15) is 0 Å². The van der Waals surface area contributed by atoms with Gasteiger partial charge in [0.1, 0.15) is 11.9 Å². The molecule has 3 N–H and O–H groups in total. The maximum absolute atomic E-state index is 7.18. The van der Waals surface area contributed by atoms with Crippen LogP contribution in [0.15, 0.2) is 24.3 Å². The van der Waals surface area contributed by atoms with E-state index < -0.39 is 0 Å². The number of amidine groups is 1. The van der Waals surface area contributed by atoms with Crippen LogP contribution in [0.5, 0.6) is 5.75 Å². The molecule has 17 heavy (non-hydrogen) atoms. The fourth-order valence-electron chi connectivity index (χ4n) is 1.54. The Labute approximate surface area is 102 Å². The second-order valence-corrected chi connectivity index (χ2v) is 4.04. The first kappa shape index (κ1) is 13.5. The van der Waals surface area contributed by atoms with Gasteiger partial charge in [0.25, 0.3) is 0 Å². The van der Waals surface area contributed by atoms with Crippen LogP contribution in [0.25, 0.3) is 0 Å². The SMILES string of the molecule is COCCc1ccc(OC(C)CC(=N)N)cc1. The van der Waals surface area contributed by atoms with E-state index in [1.807, 2.05) is 31.2 Å². The minimum absolute atomic E-state index is 0.0719. The van der Waals surface area contributed by atoms with Crippen molar-refractivity contribution in [2.75, 3.05) is 13.7 Å². The summed E-state index contributed by atoms with van der Waals surface area (Å²) in [7, 11) is 1.70. The Morgan fingerprint density at radius 3 is 2.53 bits per heavy atom. The van der Waals surface area contributed by atoms with Crippen molar-refractivity contribution in [1.29, 1.82) is 5.41 Å². The fourth-order valence-corrected chi connectivity index (χ4v) is 1.54. The van der Waals surface area contributed by atoms with Gasteiger partial charge in [-0.1, -0.05) is 12.1 Å². The lowest BCUT2D eigenvalue weighted by atomic mass is 10.1. The molecular formula is C13H20N2O2. The molecule has 4 nitrogen and oxygen atoms in total. The summed E-state index contributed by atoms with van der Waals surface area (Å²) in [5.41, 5.74) is 6.54. The lowest BCUT2D eigenvalue weighted by molar-refractivity contribution is 0.202. The minimum Gasteiger partial charge on any atom is -0.490 e. The number of nitrogens with one attached hydrogen (secondary N) is 1. The van der Waals surface area contributed by atoms with Gasteiger partial charge in [-0.25, -0.2) is 0 Å². The average Bonchev–Trinajstić information content (AvgIpc) is 2.27. The number of hydrogen-bond acceptors (Lipinski definition) is 3. The highest BCUT2D eigenvalue weighted by molar-refractivity contribution is 5.77. The molecule has 1 aromatic carbocycles. The van der Waals surface area contributed by atoms with E-state index in [1.165, 1.54) is 5.56 Å². The first-order valence-corrected chi connectivity index (χ1v) is 5.69. The number of benzene rings is 1. The van der Waals surface area contributed by atoms with Crippen LogP contribution in [0.3, 0.4) is 0 Å². The van der Waals surface area contributed by atoms with Crippen molar-refractivity contribution in [1.82, 2.24) is 0 Å². The third-order valence-corrected chi connectivity index (χ3v) is 2.36. The number of rotatable bonds is 7. The second kappa shape index (κ2) is 6.91. The van der Waals surface area contributed by atoms with E-state index in [2.05, 4.69) is 0 Å². The van der Waals surface area contributed by atoms with Gasteiger partial charge in [-0.15, -0.1) is 0 Å². The monoisotopic (exact) mass is 236 g/mol. The number of hydrogen-bond donors (Lipinski definition) is 2. The summed E-state index contributed by atoms with van der Waals surface area (Å²) in [6.07, 6.45) is 1.28. The van der Waals surface area contributed by atoms with Gasteiger partial charge in [-0.05, 0) is 31.0 Å². The molecule has 0 aliphatic heterocycles. The van der Waals surface area contributed by atoms with Crippen LogP contribution in [0, 0.1) is 5.41 Å². The van der Waals surface area contributed by atoms with Crippen molar-refractivity contribution >= 4 is 5.84 Å². The van der Waals surface area contributed by atoms with Crippen molar-refractivity contribution in [3.63, 3.8) is 0 Å². The highest BCUT2D eigenvalue weighted by Gasteiger charge is 2.05. The normalized spacial score (nSPS) is 12.1. The molecule has 0 aliphatic carbocycles. The Morgan fingerprint density at radius 2 is 2.00 bits per heavy atom. The van der Waals surface area contributed by atoms with E-state index in [0.717, 1.165) is 18.8 Å². The van der Waals surface area contributed by atoms with Gasteiger partial charge >= 0.3 is 0 Å².